The zero-order valence-electron chi connectivity index (χ0n) is 18.3. The molecule has 3 nitrogen and oxygen atoms in total. The topological polar surface area (TPSA) is 18.5 Å². The first kappa shape index (κ1) is 19.0. The first-order chi connectivity index (χ1) is 14.4. The molecule has 0 aliphatic carbocycles. The van der Waals surface area contributed by atoms with Crippen LogP contribution in [-0.4, -0.2) is 19.7 Å². The van der Waals surface area contributed by atoms with E-state index in [-0.39, 0.29) is 5.54 Å². The first-order valence-electron chi connectivity index (χ1n) is 10.5. The average molecular weight is 399 g/mol. The minimum Gasteiger partial charge on any atom is -0.496 e. The molecule has 1 atom stereocenters. The number of hydrogen-bond acceptors (Lipinski definition) is 2. The predicted octanol–water partition coefficient (Wildman–Crippen LogP) is 6.72. The highest BCUT2D eigenvalue weighted by Gasteiger charge is 2.48. The molecule has 0 N–H and O–H groups in total. The second kappa shape index (κ2) is 6.48. The van der Waals surface area contributed by atoms with E-state index in [0.717, 1.165) is 17.1 Å². The maximum absolute atomic E-state index is 6.22. The van der Waals surface area contributed by atoms with Crippen molar-refractivity contribution >= 4 is 16.9 Å². The van der Waals surface area contributed by atoms with Crippen molar-refractivity contribution in [3.8, 4) is 22.6 Å². The van der Waals surface area contributed by atoms with E-state index < -0.39 is 0 Å². The molecule has 0 saturated carbocycles. The number of nitrogens with zero attached hydrogens (tertiary/aromatic N) is 1. The Kier molecular flexibility index (Phi) is 4.09. The molecular formula is C27H28NO2+. The van der Waals surface area contributed by atoms with E-state index in [0.29, 0.717) is 11.1 Å². The number of hydrogen-bond donors (Lipinski definition) is 0. The predicted molar refractivity (Wildman–Crippen MR) is 124 cm³/mol. The van der Waals surface area contributed by atoms with Gasteiger partial charge in [-0.25, -0.2) is 0 Å². The Morgan fingerprint density at radius 3 is 2.43 bits per heavy atom. The summed E-state index contributed by atoms with van der Waals surface area (Å²) in [5, 5.41) is 0. The van der Waals surface area contributed by atoms with Crippen LogP contribution in [0.15, 0.2) is 66.7 Å². The molecule has 2 aliphatic rings. The third-order valence-corrected chi connectivity index (χ3v) is 7.01. The fraction of sp³-hybridized carbons (Fsp3) is 0.259. The Morgan fingerprint density at radius 1 is 0.933 bits per heavy atom. The summed E-state index contributed by atoms with van der Waals surface area (Å²) in [6, 6.07) is 21.4. The summed E-state index contributed by atoms with van der Waals surface area (Å²) in [4.78, 5) is 0. The first-order valence-corrected chi connectivity index (χ1v) is 10.5. The second-order valence-corrected chi connectivity index (χ2v) is 8.93. The molecule has 0 fully saturated rings. The number of benzene rings is 3. The smallest absolute Gasteiger partial charge is 0.146 e. The normalized spacial score (nSPS) is 20.9. The molecule has 0 saturated heterocycles. The molecule has 3 aromatic rings. The van der Waals surface area contributed by atoms with E-state index in [4.69, 9.17) is 9.47 Å². The number of rotatable bonds is 2. The number of fused-ring (bicyclic) bond motifs is 5. The van der Waals surface area contributed by atoms with Gasteiger partial charge in [0.05, 0.1) is 19.7 Å². The summed E-state index contributed by atoms with van der Waals surface area (Å²) in [6.07, 6.45) is 2.42. The molecular weight excluding hydrogens is 370 g/mol. The van der Waals surface area contributed by atoms with Crippen molar-refractivity contribution in [2.45, 2.75) is 32.9 Å². The van der Waals surface area contributed by atoms with Gasteiger partial charge in [-0.3, -0.25) is 4.48 Å². The van der Waals surface area contributed by atoms with E-state index >= 15 is 0 Å². The lowest BCUT2D eigenvalue weighted by Crippen LogP contribution is -2.57. The standard InChI is InChI=1S/C27H28NO2/c1-18-16-27(2,3)28(4,19-10-7-6-8-11-19)22-15-14-20-21(25(18)22)17-30-24-13-9-12-23(29-5)26(20)24/h6-16H,17H2,1-5H3/q+1. The van der Waals surface area contributed by atoms with E-state index in [1.165, 1.54) is 33.6 Å². The molecule has 1 unspecified atom stereocenters. The molecule has 2 aliphatic heterocycles. The van der Waals surface area contributed by atoms with Crippen LogP contribution in [0, 0.1) is 0 Å². The van der Waals surface area contributed by atoms with Crippen LogP contribution < -0.4 is 14.0 Å². The summed E-state index contributed by atoms with van der Waals surface area (Å²) < 4.78 is 12.6. The molecule has 30 heavy (non-hydrogen) atoms. The second-order valence-electron chi connectivity index (χ2n) is 8.93. The largest absolute Gasteiger partial charge is 0.496 e. The number of allylic oxidation sites excluding steroid dienone is 1. The van der Waals surface area contributed by atoms with Gasteiger partial charge >= 0.3 is 0 Å². The van der Waals surface area contributed by atoms with Crippen LogP contribution in [-0.2, 0) is 6.61 Å². The summed E-state index contributed by atoms with van der Waals surface area (Å²) in [7, 11) is 4.04. The summed E-state index contributed by atoms with van der Waals surface area (Å²) >= 11 is 0. The van der Waals surface area contributed by atoms with Gasteiger partial charge in [-0.2, -0.15) is 0 Å². The number of quaternary nitrogens is 1. The van der Waals surface area contributed by atoms with Crippen molar-refractivity contribution in [3.05, 3.63) is 77.9 Å². The van der Waals surface area contributed by atoms with Gasteiger partial charge in [0.15, 0.2) is 0 Å². The molecule has 0 amide bonds. The van der Waals surface area contributed by atoms with Gasteiger partial charge < -0.3 is 9.47 Å². The van der Waals surface area contributed by atoms with Gasteiger partial charge in [0.1, 0.15) is 35.0 Å². The molecule has 3 aromatic carbocycles. The van der Waals surface area contributed by atoms with E-state index in [1.54, 1.807) is 7.11 Å². The summed E-state index contributed by atoms with van der Waals surface area (Å²) in [6.45, 7) is 7.44. The van der Waals surface area contributed by atoms with Crippen LogP contribution in [0.25, 0.3) is 16.7 Å². The Morgan fingerprint density at radius 2 is 1.70 bits per heavy atom. The Hall–Kier alpha value is -3.04. The van der Waals surface area contributed by atoms with Crippen molar-refractivity contribution < 1.29 is 9.47 Å². The molecule has 0 bridgehead atoms. The number of likely N-dealkylation sites (N-methyl/N-ethyl adjacent to an activating group) is 1. The van der Waals surface area contributed by atoms with Crippen LogP contribution in [0.4, 0.5) is 11.4 Å². The SMILES string of the molecule is COc1cccc2c1-c1ccc3c(c1CO2)C(C)=CC(C)(C)[N+]3(C)c1ccccc1. The van der Waals surface area contributed by atoms with Crippen molar-refractivity contribution in [3.63, 3.8) is 0 Å². The maximum atomic E-state index is 6.22. The van der Waals surface area contributed by atoms with Crippen molar-refractivity contribution in [2.24, 2.45) is 0 Å². The van der Waals surface area contributed by atoms with Gasteiger partial charge in [0.2, 0.25) is 0 Å². The molecule has 0 radical (unpaired) electrons. The Bertz CT molecular complexity index is 1160. The lowest BCUT2D eigenvalue weighted by molar-refractivity contribution is 0.283. The Labute approximate surface area is 178 Å². The minimum atomic E-state index is -0.0855. The minimum absolute atomic E-state index is 0.0855. The van der Waals surface area contributed by atoms with E-state index in [2.05, 4.69) is 76.4 Å². The van der Waals surface area contributed by atoms with Gasteiger partial charge in [0.25, 0.3) is 0 Å². The van der Waals surface area contributed by atoms with E-state index in [9.17, 15) is 0 Å². The van der Waals surface area contributed by atoms with Gasteiger partial charge in [-0.05, 0) is 68.3 Å². The quantitative estimate of drug-likeness (QED) is 0.446. The van der Waals surface area contributed by atoms with Crippen LogP contribution in [0.1, 0.15) is 31.9 Å². The molecule has 5 rings (SSSR count). The van der Waals surface area contributed by atoms with Crippen LogP contribution >= 0.6 is 0 Å². The van der Waals surface area contributed by atoms with Crippen molar-refractivity contribution in [1.29, 1.82) is 0 Å². The molecule has 3 heteroatoms. The number of ether oxygens (including phenoxy) is 2. The summed E-state index contributed by atoms with van der Waals surface area (Å²) in [5.41, 5.74) is 8.62. The third-order valence-electron chi connectivity index (χ3n) is 7.01. The summed E-state index contributed by atoms with van der Waals surface area (Å²) in [5.74, 6) is 1.74. The number of para-hydroxylation sites is 1. The van der Waals surface area contributed by atoms with Crippen LogP contribution in [0.2, 0.25) is 0 Å². The van der Waals surface area contributed by atoms with E-state index in [1.807, 2.05) is 18.2 Å². The zero-order valence-corrected chi connectivity index (χ0v) is 18.3. The van der Waals surface area contributed by atoms with Crippen LogP contribution in [0.3, 0.4) is 0 Å². The lowest BCUT2D eigenvalue weighted by atomic mass is 9.80. The average Bonchev–Trinajstić information content (AvgIpc) is 2.76. The highest BCUT2D eigenvalue weighted by Crippen LogP contribution is 2.54. The van der Waals surface area contributed by atoms with Gasteiger partial charge in [-0.15, -0.1) is 0 Å². The zero-order chi connectivity index (χ0) is 21.1. The van der Waals surface area contributed by atoms with Gasteiger partial charge in [0, 0.05) is 17.2 Å². The molecule has 0 aromatic heterocycles. The fourth-order valence-corrected chi connectivity index (χ4v) is 5.29. The highest BCUT2D eigenvalue weighted by molar-refractivity contribution is 5.91. The van der Waals surface area contributed by atoms with Crippen molar-refractivity contribution in [2.75, 3.05) is 14.2 Å². The Balaban J connectivity index is 1.82. The van der Waals surface area contributed by atoms with Crippen molar-refractivity contribution in [1.82, 2.24) is 4.48 Å². The highest BCUT2D eigenvalue weighted by atomic mass is 16.5. The monoisotopic (exact) mass is 398 g/mol. The number of methoxy groups -OCH3 is 1. The molecule has 0 spiro atoms. The lowest BCUT2D eigenvalue weighted by Gasteiger charge is -2.49. The van der Waals surface area contributed by atoms with Gasteiger partial charge in [-0.1, -0.05) is 24.3 Å². The van der Waals surface area contributed by atoms with Crippen LogP contribution in [0.5, 0.6) is 11.5 Å². The fourth-order valence-electron chi connectivity index (χ4n) is 5.29. The maximum Gasteiger partial charge on any atom is 0.146 e. The molecule has 152 valence electrons. The third kappa shape index (κ3) is 2.42. The molecule has 2 heterocycles.